The van der Waals surface area contributed by atoms with Crippen molar-refractivity contribution in [2.24, 2.45) is 11.7 Å². The molecule has 2 unspecified atom stereocenters. The Kier molecular flexibility index (Phi) is 8.42. The van der Waals surface area contributed by atoms with E-state index in [1.807, 2.05) is 20.8 Å². The van der Waals surface area contributed by atoms with E-state index in [4.69, 9.17) is 5.73 Å². The van der Waals surface area contributed by atoms with Crippen LogP contribution in [0.4, 0.5) is 26.3 Å². The van der Waals surface area contributed by atoms with Gasteiger partial charge in [0.05, 0.1) is 6.04 Å². The van der Waals surface area contributed by atoms with E-state index in [0.29, 0.717) is 23.3 Å². The number of carbonyl (C=O) groups excluding carboxylic acids is 1. The van der Waals surface area contributed by atoms with Crippen molar-refractivity contribution in [2.75, 3.05) is 0 Å². The highest BCUT2D eigenvalue weighted by molar-refractivity contribution is 7.17. The smallest absolute Gasteiger partial charge is 0.406 e. The zero-order chi connectivity index (χ0) is 28.5. The maximum Gasteiger partial charge on any atom is 0.573 e. The van der Waals surface area contributed by atoms with Crippen molar-refractivity contribution in [2.45, 2.75) is 58.2 Å². The lowest BCUT2D eigenvalue weighted by Gasteiger charge is -2.34. The third-order valence-electron chi connectivity index (χ3n) is 6.17. The topological polar surface area (TPSA) is 90.1 Å². The van der Waals surface area contributed by atoms with Gasteiger partial charge in [-0.2, -0.15) is 13.2 Å². The largest absolute Gasteiger partial charge is 0.573 e. The fraction of sp³-hybridized carbons (Fsp3) is 0.400. The maximum atomic E-state index is 13.9. The molecule has 0 saturated heterocycles. The first-order valence-corrected chi connectivity index (χ1v) is 12.4. The number of nitrogens with two attached hydrogens (primary N) is 1. The summed E-state index contributed by atoms with van der Waals surface area (Å²) in [6.45, 7) is 7.05. The van der Waals surface area contributed by atoms with Crippen LogP contribution in [0, 0.1) is 5.92 Å². The number of rotatable bonds is 8. The van der Waals surface area contributed by atoms with Crippen LogP contribution in [0.1, 0.15) is 66.7 Å². The molecule has 2 aromatic heterocycles. The highest BCUT2D eigenvalue weighted by Crippen LogP contribution is 2.41. The molecule has 13 heteroatoms. The van der Waals surface area contributed by atoms with Crippen LogP contribution in [0.2, 0.25) is 0 Å². The summed E-state index contributed by atoms with van der Waals surface area (Å²) in [6, 6.07) is 7.15. The molecule has 0 aliphatic rings. The van der Waals surface area contributed by atoms with Crippen molar-refractivity contribution < 1.29 is 35.9 Å². The number of amides is 1. The summed E-state index contributed by atoms with van der Waals surface area (Å²) >= 11 is 0.514. The molecule has 206 valence electrons. The molecule has 0 spiro atoms. The quantitative estimate of drug-likeness (QED) is 0.295. The van der Waals surface area contributed by atoms with Gasteiger partial charge in [-0.1, -0.05) is 39.0 Å². The summed E-state index contributed by atoms with van der Waals surface area (Å²) in [7, 11) is 0. The van der Waals surface area contributed by atoms with Crippen molar-refractivity contribution in [3.63, 3.8) is 0 Å². The third kappa shape index (κ3) is 6.44. The first-order chi connectivity index (χ1) is 17.6. The average molecular weight is 561 g/mol. The van der Waals surface area contributed by atoms with Gasteiger partial charge in [-0.3, -0.25) is 9.78 Å². The van der Waals surface area contributed by atoms with Crippen molar-refractivity contribution in [1.82, 2.24) is 15.3 Å². The predicted octanol–water partition coefficient (Wildman–Crippen LogP) is 6.83. The molecule has 3 N–H and O–H groups in total. The van der Waals surface area contributed by atoms with Crippen LogP contribution in [0.25, 0.3) is 10.7 Å². The number of nitrogens with zero attached hydrogens (tertiary/aromatic N) is 2. The predicted molar refractivity (Wildman–Crippen MR) is 130 cm³/mol. The van der Waals surface area contributed by atoms with Crippen LogP contribution < -0.4 is 15.8 Å². The Balaban J connectivity index is 2.00. The van der Waals surface area contributed by atoms with E-state index >= 15 is 0 Å². The van der Waals surface area contributed by atoms with Crippen LogP contribution in [0.15, 0.2) is 42.6 Å². The average Bonchev–Trinajstić information content (AvgIpc) is 3.29. The van der Waals surface area contributed by atoms with Crippen LogP contribution in [0.3, 0.4) is 0 Å². The molecule has 6 nitrogen and oxygen atoms in total. The number of carbonyl (C=O) groups is 1. The SMILES string of the molecule is CCC(N)(c1cccnc1-c1nc(C(F)(F)F)c(C(=O)NC(C)c2cccc(OC(F)(F)F)c2)s1)C(C)C. The molecular formula is C25H26F6N4O2S. The van der Waals surface area contributed by atoms with Gasteiger partial charge in [-0.05, 0) is 43.0 Å². The minimum Gasteiger partial charge on any atom is -0.406 e. The van der Waals surface area contributed by atoms with Crippen LogP contribution in [-0.4, -0.2) is 22.2 Å². The number of nitrogens with one attached hydrogen (secondary N) is 1. The molecular weight excluding hydrogens is 534 g/mol. The summed E-state index contributed by atoms with van der Waals surface area (Å²) in [4.78, 5) is 20.3. The zero-order valence-electron chi connectivity index (χ0n) is 20.9. The number of alkyl halides is 6. The minimum absolute atomic E-state index is 0.0850. The lowest BCUT2D eigenvalue weighted by molar-refractivity contribution is -0.274. The Labute approximate surface area is 219 Å². The van der Waals surface area contributed by atoms with E-state index in [0.717, 1.165) is 12.1 Å². The molecule has 0 fully saturated rings. The van der Waals surface area contributed by atoms with Gasteiger partial charge < -0.3 is 15.8 Å². The van der Waals surface area contributed by atoms with E-state index in [1.54, 1.807) is 12.1 Å². The second-order valence-electron chi connectivity index (χ2n) is 8.96. The lowest BCUT2D eigenvalue weighted by Crippen LogP contribution is -2.41. The van der Waals surface area contributed by atoms with Gasteiger partial charge in [0, 0.05) is 17.3 Å². The third-order valence-corrected chi connectivity index (χ3v) is 7.23. The van der Waals surface area contributed by atoms with Gasteiger partial charge in [0.2, 0.25) is 0 Å². The molecule has 3 rings (SSSR count). The number of pyridine rings is 1. The zero-order valence-corrected chi connectivity index (χ0v) is 21.7. The Morgan fingerprint density at radius 1 is 1.11 bits per heavy atom. The summed E-state index contributed by atoms with van der Waals surface area (Å²) in [6.07, 6.45) is -8.00. The van der Waals surface area contributed by atoms with E-state index in [2.05, 4.69) is 20.0 Å². The van der Waals surface area contributed by atoms with Gasteiger partial charge in [0.1, 0.15) is 21.3 Å². The molecule has 0 saturated carbocycles. The van der Waals surface area contributed by atoms with Gasteiger partial charge in [0.25, 0.3) is 5.91 Å². The van der Waals surface area contributed by atoms with Crippen molar-refractivity contribution in [1.29, 1.82) is 0 Å². The van der Waals surface area contributed by atoms with Crippen molar-refractivity contribution in [3.05, 3.63) is 64.3 Å². The second-order valence-corrected chi connectivity index (χ2v) is 9.96. The molecule has 0 bridgehead atoms. The second kappa shape index (κ2) is 10.9. The molecule has 0 radical (unpaired) electrons. The molecule has 2 heterocycles. The first kappa shape index (κ1) is 29.4. The number of thiazole rings is 1. The number of aromatic nitrogens is 2. The summed E-state index contributed by atoms with van der Waals surface area (Å²) in [5, 5.41) is 2.27. The highest BCUT2D eigenvalue weighted by atomic mass is 32.1. The standard InChI is InChI=1S/C25H26F6N4O2S/c1-5-23(32,13(2)3)17-10-7-11-33-18(17)22-35-20(24(26,27)28)19(38-22)21(36)34-14(4)15-8-6-9-16(12-15)37-25(29,30)31/h6-14H,5,32H2,1-4H3,(H,34,36). The first-order valence-electron chi connectivity index (χ1n) is 11.6. The van der Waals surface area contributed by atoms with Crippen LogP contribution >= 0.6 is 11.3 Å². The summed E-state index contributed by atoms with van der Waals surface area (Å²) < 4.78 is 83.3. The number of benzene rings is 1. The Hall–Kier alpha value is -3.19. The van der Waals surface area contributed by atoms with Gasteiger partial charge in [-0.15, -0.1) is 24.5 Å². The lowest BCUT2D eigenvalue weighted by atomic mass is 9.78. The van der Waals surface area contributed by atoms with Gasteiger partial charge in [-0.25, -0.2) is 4.98 Å². The normalized spacial score (nSPS) is 14.7. The van der Waals surface area contributed by atoms with E-state index < -0.39 is 46.3 Å². The summed E-state index contributed by atoms with van der Waals surface area (Å²) in [5.41, 5.74) is 5.16. The monoisotopic (exact) mass is 560 g/mol. The molecule has 0 aliphatic carbocycles. The fourth-order valence-electron chi connectivity index (χ4n) is 3.95. The number of halogens is 6. The Bertz CT molecular complexity index is 1290. The molecule has 2 atom stereocenters. The number of hydrogen-bond donors (Lipinski definition) is 2. The minimum atomic E-state index is -4.96. The van der Waals surface area contributed by atoms with E-state index in [1.165, 1.54) is 25.3 Å². The Morgan fingerprint density at radius 2 is 1.79 bits per heavy atom. The molecule has 1 amide bonds. The summed E-state index contributed by atoms with van der Waals surface area (Å²) in [5.74, 6) is -1.70. The van der Waals surface area contributed by atoms with Crippen molar-refractivity contribution >= 4 is 17.2 Å². The van der Waals surface area contributed by atoms with E-state index in [9.17, 15) is 31.1 Å². The Morgan fingerprint density at radius 3 is 2.37 bits per heavy atom. The number of ether oxygens (including phenoxy) is 1. The molecule has 1 aromatic carbocycles. The number of hydrogen-bond acceptors (Lipinski definition) is 6. The molecule has 3 aromatic rings. The maximum absolute atomic E-state index is 13.9. The van der Waals surface area contributed by atoms with Crippen LogP contribution in [-0.2, 0) is 11.7 Å². The van der Waals surface area contributed by atoms with E-state index in [-0.39, 0.29) is 22.2 Å². The molecule has 38 heavy (non-hydrogen) atoms. The van der Waals surface area contributed by atoms with Gasteiger partial charge >= 0.3 is 12.5 Å². The highest BCUT2D eigenvalue weighted by Gasteiger charge is 2.41. The van der Waals surface area contributed by atoms with Gasteiger partial charge in [0.15, 0.2) is 5.69 Å². The van der Waals surface area contributed by atoms with Crippen molar-refractivity contribution in [3.8, 4) is 16.5 Å². The fourth-order valence-corrected chi connectivity index (χ4v) is 4.95. The van der Waals surface area contributed by atoms with Crippen LogP contribution in [0.5, 0.6) is 5.75 Å². The molecule has 0 aliphatic heterocycles.